The summed E-state index contributed by atoms with van der Waals surface area (Å²) in [6, 6.07) is 16.9. The predicted octanol–water partition coefficient (Wildman–Crippen LogP) is 4.16. The predicted molar refractivity (Wildman–Crippen MR) is 104 cm³/mol. The first kappa shape index (κ1) is 20.0. The summed E-state index contributed by atoms with van der Waals surface area (Å²) in [4.78, 5) is 14.1. The molecule has 0 heterocycles. The number of ether oxygens (including phenoxy) is 1. The Morgan fingerprint density at radius 1 is 1.08 bits per heavy atom. The molecule has 3 unspecified atom stereocenters. The molecule has 0 radical (unpaired) electrons. The lowest BCUT2D eigenvalue weighted by Gasteiger charge is -2.29. The van der Waals surface area contributed by atoms with E-state index in [1.165, 1.54) is 0 Å². The quantitative estimate of drug-likeness (QED) is 0.773. The first-order chi connectivity index (χ1) is 12.5. The summed E-state index contributed by atoms with van der Waals surface area (Å²) in [6.07, 6.45) is 0.270. The van der Waals surface area contributed by atoms with Crippen LogP contribution in [0.25, 0.3) is 0 Å². The monoisotopic (exact) mass is 355 g/mol. The average molecular weight is 355 g/mol. The van der Waals surface area contributed by atoms with Gasteiger partial charge in [0, 0.05) is 7.05 Å². The average Bonchev–Trinajstić information content (AvgIpc) is 2.70. The van der Waals surface area contributed by atoms with Crippen molar-refractivity contribution in [1.29, 1.82) is 0 Å². The van der Waals surface area contributed by atoms with E-state index in [1.54, 1.807) is 11.9 Å². The third kappa shape index (κ3) is 4.85. The van der Waals surface area contributed by atoms with Crippen LogP contribution in [0.2, 0.25) is 0 Å². The van der Waals surface area contributed by atoms with E-state index in [0.717, 1.165) is 23.3 Å². The smallest absolute Gasteiger partial charge is 0.260 e. The molecule has 2 aromatic carbocycles. The Bertz CT molecular complexity index is 702. The van der Waals surface area contributed by atoms with Gasteiger partial charge in [0.15, 0.2) is 6.61 Å². The molecule has 0 aliphatic carbocycles. The van der Waals surface area contributed by atoms with Crippen LogP contribution in [-0.4, -0.2) is 35.6 Å². The molecular formula is C22H29NO3. The molecule has 1 amide bonds. The normalized spacial score (nSPS) is 14.3. The van der Waals surface area contributed by atoms with E-state index in [0.29, 0.717) is 5.92 Å². The Kier molecular flexibility index (Phi) is 7.22. The van der Waals surface area contributed by atoms with E-state index in [4.69, 9.17) is 4.74 Å². The number of aliphatic hydroxyl groups excluding tert-OH is 1. The first-order valence-corrected chi connectivity index (χ1v) is 9.16. The zero-order valence-corrected chi connectivity index (χ0v) is 16.1. The van der Waals surface area contributed by atoms with Gasteiger partial charge in [0.05, 0.1) is 12.1 Å². The topological polar surface area (TPSA) is 49.8 Å². The molecule has 0 aliphatic heterocycles. The number of aliphatic hydroxyl groups is 1. The van der Waals surface area contributed by atoms with Gasteiger partial charge in [-0.05, 0) is 36.5 Å². The summed E-state index contributed by atoms with van der Waals surface area (Å²) in [5.41, 5.74) is 1.91. The van der Waals surface area contributed by atoms with Crippen molar-refractivity contribution >= 4 is 5.91 Å². The second-order valence-corrected chi connectivity index (χ2v) is 6.74. The standard InChI is InChI=1S/C22H29NO3/c1-5-16(2)19-13-9-10-14-20(19)26-15-21(24)23(4)17(3)22(25)18-11-7-6-8-12-18/h6-14,16-17,22,25H,5,15H2,1-4H3. The fourth-order valence-electron chi connectivity index (χ4n) is 2.85. The van der Waals surface area contributed by atoms with Crippen molar-refractivity contribution in [1.82, 2.24) is 4.90 Å². The molecule has 2 rings (SSSR count). The Morgan fingerprint density at radius 3 is 2.35 bits per heavy atom. The van der Waals surface area contributed by atoms with Gasteiger partial charge in [-0.2, -0.15) is 0 Å². The van der Waals surface area contributed by atoms with Crippen LogP contribution in [0.4, 0.5) is 0 Å². The highest BCUT2D eigenvalue weighted by Gasteiger charge is 2.24. The van der Waals surface area contributed by atoms with E-state index in [1.807, 2.05) is 61.5 Å². The molecule has 0 aliphatic rings. The van der Waals surface area contributed by atoms with Crippen molar-refractivity contribution in [2.75, 3.05) is 13.7 Å². The fraction of sp³-hybridized carbons (Fsp3) is 0.409. The lowest BCUT2D eigenvalue weighted by Crippen LogP contribution is -2.41. The molecule has 0 saturated carbocycles. The number of hydrogen-bond acceptors (Lipinski definition) is 3. The minimum Gasteiger partial charge on any atom is -0.483 e. The third-order valence-electron chi connectivity index (χ3n) is 5.02. The SMILES string of the molecule is CCC(C)c1ccccc1OCC(=O)N(C)C(C)C(O)c1ccccc1. The largest absolute Gasteiger partial charge is 0.483 e. The number of carbonyl (C=O) groups is 1. The fourth-order valence-corrected chi connectivity index (χ4v) is 2.85. The van der Waals surface area contributed by atoms with Gasteiger partial charge in [-0.1, -0.05) is 62.4 Å². The van der Waals surface area contributed by atoms with E-state index >= 15 is 0 Å². The van der Waals surface area contributed by atoms with E-state index < -0.39 is 6.10 Å². The maximum absolute atomic E-state index is 12.5. The zero-order chi connectivity index (χ0) is 19.1. The van der Waals surface area contributed by atoms with Crippen LogP contribution in [0, 0.1) is 0 Å². The Balaban J connectivity index is 1.99. The van der Waals surface area contributed by atoms with Crippen molar-refractivity contribution in [3.8, 4) is 5.75 Å². The molecule has 0 saturated heterocycles. The van der Waals surface area contributed by atoms with E-state index in [2.05, 4.69) is 13.8 Å². The highest BCUT2D eigenvalue weighted by atomic mass is 16.5. The number of nitrogens with zero attached hydrogens (tertiary/aromatic N) is 1. The van der Waals surface area contributed by atoms with Crippen molar-refractivity contribution in [2.24, 2.45) is 0 Å². The molecule has 0 aromatic heterocycles. The second kappa shape index (κ2) is 9.39. The lowest BCUT2D eigenvalue weighted by molar-refractivity contribution is -0.136. The summed E-state index contributed by atoms with van der Waals surface area (Å²) in [5.74, 6) is 0.962. The molecule has 3 atom stereocenters. The number of benzene rings is 2. The van der Waals surface area contributed by atoms with Crippen molar-refractivity contribution in [2.45, 2.75) is 45.3 Å². The number of para-hydroxylation sites is 1. The van der Waals surface area contributed by atoms with Crippen LogP contribution in [-0.2, 0) is 4.79 Å². The van der Waals surface area contributed by atoms with Crippen LogP contribution >= 0.6 is 0 Å². The minimum absolute atomic E-state index is 0.0458. The molecule has 26 heavy (non-hydrogen) atoms. The highest BCUT2D eigenvalue weighted by molar-refractivity contribution is 5.78. The van der Waals surface area contributed by atoms with E-state index in [9.17, 15) is 9.90 Å². The molecular weight excluding hydrogens is 326 g/mol. The number of rotatable bonds is 8. The van der Waals surface area contributed by atoms with E-state index in [-0.39, 0.29) is 18.6 Å². The molecule has 0 fully saturated rings. The van der Waals surface area contributed by atoms with Crippen LogP contribution in [0.5, 0.6) is 5.75 Å². The van der Waals surface area contributed by atoms with Gasteiger partial charge in [0.25, 0.3) is 5.91 Å². The van der Waals surface area contributed by atoms with Gasteiger partial charge in [-0.25, -0.2) is 0 Å². The van der Waals surface area contributed by atoms with Crippen LogP contribution in [0.15, 0.2) is 54.6 Å². The van der Waals surface area contributed by atoms with Gasteiger partial charge in [-0.3, -0.25) is 4.79 Å². The number of amides is 1. The molecule has 4 nitrogen and oxygen atoms in total. The Hall–Kier alpha value is -2.33. The third-order valence-corrected chi connectivity index (χ3v) is 5.02. The van der Waals surface area contributed by atoms with Crippen LogP contribution in [0.1, 0.15) is 50.3 Å². The molecule has 1 N–H and O–H groups in total. The summed E-state index contributed by atoms with van der Waals surface area (Å²) >= 11 is 0. The molecule has 4 heteroatoms. The summed E-state index contributed by atoms with van der Waals surface area (Å²) in [5, 5.41) is 10.5. The number of hydrogen-bond donors (Lipinski definition) is 1. The summed E-state index contributed by atoms with van der Waals surface area (Å²) < 4.78 is 5.81. The van der Waals surface area contributed by atoms with Crippen molar-refractivity contribution in [3.63, 3.8) is 0 Å². The minimum atomic E-state index is -0.738. The van der Waals surface area contributed by atoms with Crippen molar-refractivity contribution < 1.29 is 14.6 Å². The summed E-state index contributed by atoms with van der Waals surface area (Å²) in [7, 11) is 1.70. The van der Waals surface area contributed by atoms with Gasteiger partial charge in [0.1, 0.15) is 5.75 Å². The number of carbonyl (C=O) groups excluding carboxylic acids is 1. The van der Waals surface area contributed by atoms with Crippen molar-refractivity contribution in [3.05, 3.63) is 65.7 Å². The Morgan fingerprint density at radius 2 is 1.69 bits per heavy atom. The van der Waals surface area contributed by atoms with Crippen LogP contribution < -0.4 is 4.74 Å². The van der Waals surface area contributed by atoms with Gasteiger partial charge < -0.3 is 14.7 Å². The molecule has 0 spiro atoms. The van der Waals surface area contributed by atoms with Crippen LogP contribution in [0.3, 0.4) is 0 Å². The molecule has 140 valence electrons. The zero-order valence-electron chi connectivity index (χ0n) is 16.1. The lowest BCUT2D eigenvalue weighted by atomic mass is 9.98. The van der Waals surface area contributed by atoms with Gasteiger partial charge in [0.2, 0.25) is 0 Å². The summed E-state index contributed by atoms with van der Waals surface area (Å²) in [6.45, 7) is 6.07. The van der Waals surface area contributed by atoms with Gasteiger partial charge >= 0.3 is 0 Å². The van der Waals surface area contributed by atoms with Gasteiger partial charge in [-0.15, -0.1) is 0 Å². The first-order valence-electron chi connectivity index (χ1n) is 9.16. The molecule has 0 bridgehead atoms. The maximum Gasteiger partial charge on any atom is 0.260 e. The highest BCUT2D eigenvalue weighted by Crippen LogP contribution is 2.28. The number of likely N-dealkylation sites (N-methyl/N-ethyl adjacent to an activating group) is 1. The second-order valence-electron chi connectivity index (χ2n) is 6.74. The maximum atomic E-state index is 12.5. The molecule has 2 aromatic rings. The Labute approximate surface area is 156 Å².